The average Bonchev–Trinajstić information content (AvgIpc) is 2.81. The van der Waals surface area contributed by atoms with Gasteiger partial charge in [0.15, 0.2) is 0 Å². The van der Waals surface area contributed by atoms with Crippen molar-refractivity contribution in [2.75, 3.05) is 0 Å². The van der Waals surface area contributed by atoms with E-state index in [0.29, 0.717) is 18.0 Å². The zero-order chi connectivity index (χ0) is 14.1. The molecule has 1 N–H and O–H groups in total. The van der Waals surface area contributed by atoms with Gasteiger partial charge < -0.3 is 5.11 Å². The van der Waals surface area contributed by atoms with Crippen molar-refractivity contribution in [3.63, 3.8) is 0 Å². The number of hydrogen-bond acceptors (Lipinski definition) is 3. The van der Waals surface area contributed by atoms with Crippen molar-refractivity contribution < 1.29 is 9.90 Å². The summed E-state index contributed by atoms with van der Waals surface area (Å²) in [6, 6.07) is 6.99. The average molecular weight is 271 g/mol. The minimum Gasteiger partial charge on any atom is -0.478 e. The van der Waals surface area contributed by atoms with E-state index in [1.54, 1.807) is 18.2 Å². The molecule has 1 heterocycles. The molecule has 20 heavy (non-hydrogen) atoms. The third-order valence-corrected chi connectivity index (χ3v) is 3.84. The van der Waals surface area contributed by atoms with Crippen molar-refractivity contribution >= 4 is 5.97 Å². The van der Waals surface area contributed by atoms with Gasteiger partial charge in [-0.25, -0.2) is 9.48 Å². The van der Waals surface area contributed by atoms with Crippen molar-refractivity contribution in [2.45, 2.75) is 32.7 Å². The van der Waals surface area contributed by atoms with Gasteiger partial charge in [-0.3, -0.25) is 0 Å². The van der Waals surface area contributed by atoms with Gasteiger partial charge in [-0.05, 0) is 42.9 Å². The smallest absolute Gasteiger partial charge is 0.335 e. The largest absolute Gasteiger partial charge is 0.478 e. The Morgan fingerprint density at radius 3 is 3.15 bits per heavy atom. The highest BCUT2D eigenvalue weighted by molar-refractivity contribution is 5.87. The molecule has 1 aliphatic carbocycles. The first kappa shape index (κ1) is 12.8. The Morgan fingerprint density at radius 1 is 1.50 bits per heavy atom. The molecule has 0 spiro atoms. The van der Waals surface area contributed by atoms with Crippen LogP contribution >= 0.6 is 0 Å². The molecule has 1 aliphatic rings. The van der Waals surface area contributed by atoms with E-state index in [0.717, 1.165) is 30.5 Å². The zero-order valence-electron chi connectivity index (χ0n) is 11.4. The SMILES string of the molecule is CC1CCc2c(nnn2Cc2cccc(C(=O)O)c2)C1. The molecule has 104 valence electrons. The molecular weight excluding hydrogens is 254 g/mol. The second-order valence-electron chi connectivity index (χ2n) is 5.49. The fraction of sp³-hybridized carbons (Fsp3) is 0.400. The molecule has 0 amide bonds. The maximum Gasteiger partial charge on any atom is 0.335 e. The minimum atomic E-state index is -0.902. The number of carbonyl (C=O) groups is 1. The highest BCUT2D eigenvalue weighted by Crippen LogP contribution is 2.23. The summed E-state index contributed by atoms with van der Waals surface area (Å²) in [7, 11) is 0. The van der Waals surface area contributed by atoms with E-state index in [2.05, 4.69) is 17.2 Å². The van der Waals surface area contributed by atoms with Crippen LogP contribution < -0.4 is 0 Å². The number of hydrogen-bond donors (Lipinski definition) is 1. The Labute approximate surface area is 117 Å². The summed E-state index contributed by atoms with van der Waals surface area (Å²) in [5.74, 6) is -0.232. The van der Waals surface area contributed by atoms with Crippen LogP contribution in [0.5, 0.6) is 0 Å². The van der Waals surface area contributed by atoms with Crippen LogP contribution in [0, 0.1) is 5.92 Å². The standard InChI is InChI=1S/C15H17N3O2/c1-10-5-6-14-13(7-10)16-17-18(14)9-11-3-2-4-12(8-11)15(19)20/h2-4,8,10H,5-7,9H2,1H3,(H,19,20). The maximum absolute atomic E-state index is 11.0. The molecule has 5 nitrogen and oxygen atoms in total. The van der Waals surface area contributed by atoms with Crippen molar-refractivity contribution in [1.82, 2.24) is 15.0 Å². The number of carboxylic acids is 1. The number of fused-ring (bicyclic) bond motifs is 1. The van der Waals surface area contributed by atoms with Crippen LogP contribution in [0.3, 0.4) is 0 Å². The zero-order valence-corrected chi connectivity index (χ0v) is 11.4. The number of benzene rings is 1. The second-order valence-corrected chi connectivity index (χ2v) is 5.49. The molecule has 1 aromatic carbocycles. The highest BCUT2D eigenvalue weighted by atomic mass is 16.4. The monoisotopic (exact) mass is 271 g/mol. The highest BCUT2D eigenvalue weighted by Gasteiger charge is 2.21. The lowest BCUT2D eigenvalue weighted by molar-refractivity contribution is 0.0696. The topological polar surface area (TPSA) is 68.0 Å². The quantitative estimate of drug-likeness (QED) is 0.928. The van der Waals surface area contributed by atoms with E-state index in [9.17, 15) is 4.79 Å². The Morgan fingerprint density at radius 2 is 2.35 bits per heavy atom. The molecule has 0 saturated heterocycles. The lowest BCUT2D eigenvalue weighted by Crippen LogP contribution is -2.15. The van der Waals surface area contributed by atoms with E-state index >= 15 is 0 Å². The third kappa shape index (κ3) is 2.43. The Balaban J connectivity index is 1.85. The van der Waals surface area contributed by atoms with Gasteiger partial charge in [-0.1, -0.05) is 24.3 Å². The number of aromatic nitrogens is 3. The molecule has 0 aliphatic heterocycles. The summed E-state index contributed by atoms with van der Waals surface area (Å²) in [5, 5.41) is 17.5. The molecule has 0 radical (unpaired) electrons. The molecule has 0 saturated carbocycles. The molecule has 1 aromatic heterocycles. The van der Waals surface area contributed by atoms with Gasteiger partial charge >= 0.3 is 5.97 Å². The Hall–Kier alpha value is -2.17. The summed E-state index contributed by atoms with van der Waals surface area (Å²) in [4.78, 5) is 11.0. The maximum atomic E-state index is 11.0. The van der Waals surface area contributed by atoms with E-state index in [1.165, 1.54) is 5.69 Å². The summed E-state index contributed by atoms with van der Waals surface area (Å²) < 4.78 is 1.90. The first-order valence-corrected chi connectivity index (χ1v) is 6.87. The first-order chi connectivity index (χ1) is 9.63. The summed E-state index contributed by atoms with van der Waals surface area (Å²) in [6.45, 7) is 2.82. The molecular formula is C15H17N3O2. The van der Waals surface area contributed by atoms with Gasteiger partial charge in [0.1, 0.15) is 0 Å². The van der Waals surface area contributed by atoms with Crippen LogP contribution in [-0.4, -0.2) is 26.1 Å². The minimum absolute atomic E-state index is 0.310. The Bertz CT molecular complexity index is 648. The fourth-order valence-electron chi connectivity index (χ4n) is 2.72. The van der Waals surface area contributed by atoms with E-state index < -0.39 is 5.97 Å². The van der Waals surface area contributed by atoms with Gasteiger partial charge in [-0.2, -0.15) is 0 Å². The molecule has 5 heteroatoms. The third-order valence-electron chi connectivity index (χ3n) is 3.84. The van der Waals surface area contributed by atoms with Crippen LogP contribution in [0.25, 0.3) is 0 Å². The number of carboxylic acid groups (broad SMARTS) is 1. The van der Waals surface area contributed by atoms with Crippen molar-refractivity contribution in [1.29, 1.82) is 0 Å². The van der Waals surface area contributed by atoms with Crippen LogP contribution in [-0.2, 0) is 19.4 Å². The fourth-order valence-corrected chi connectivity index (χ4v) is 2.72. The number of nitrogens with zero attached hydrogens (tertiary/aromatic N) is 3. The Kier molecular flexibility index (Phi) is 3.26. The molecule has 1 atom stereocenters. The lowest BCUT2D eigenvalue weighted by atomic mass is 9.91. The number of rotatable bonds is 3. The predicted molar refractivity (Wildman–Crippen MR) is 73.7 cm³/mol. The molecule has 3 rings (SSSR count). The summed E-state index contributed by atoms with van der Waals surface area (Å²) >= 11 is 0. The van der Waals surface area contributed by atoms with Crippen LogP contribution in [0.15, 0.2) is 24.3 Å². The summed E-state index contributed by atoms with van der Waals surface area (Å²) in [5.41, 5.74) is 3.54. The van der Waals surface area contributed by atoms with Crippen molar-refractivity contribution in [2.24, 2.45) is 5.92 Å². The molecule has 0 bridgehead atoms. The summed E-state index contributed by atoms with van der Waals surface area (Å²) in [6.07, 6.45) is 3.15. The predicted octanol–water partition coefficient (Wildman–Crippen LogP) is 2.15. The van der Waals surface area contributed by atoms with Gasteiger partial charge in [0, 0.05) is 0 Å². The van der Waals surface area contributed by atoms with Gasteiger partial charge in [0.2, 0.25) is 0 Å². The van der Waals surface area contributed by atoms with E-state index in [4.69, 9.17) is 5.11 Å². The van der Waals surface area contributed by atoms with Crippen LogP contribution in [0.1, 0.15) is 40.7 Å². The first-order valence-electron chi connectivity index (χ1n) is 6.87. The van der Waals surface area contributed by atoms with Gasteiger partial charge in [-0.15, -0.1) is 5.10 Å². The lowest BCUT2D eigenvalue weighted by Gasteiger charge is -2.17. The second kappa shape index (κ2) is 5.07. The molecule has 1 unspecified atom stereocenters. The van der Waals surface area contributed by atoms with Gasteiger partial charge in [0.05, 0.1) is 23.5 Å². The van der Waals surface area contributed by atoms with Crippen molar-refractivity contribution in [3.05, 3.63) is 46.8 Å². The molecule has 2 aromatic rings. The normalized spacial score (nSPS) is 17.8. The molecule has 0 fully saturated rings. The van der Waals surface area contributed by atoms with Gasteiger partial charge in [0.25, 0.3) is 0 Å². The van der Waals surface area contributed by atoms with E-state index in [-0.39, 0.29) is 0 Å². The van der Waals surface area contributed by atoms with Crippen LogP contribution in [0.2, 0.25) is 0 Å². The van der Waals surface area contributed by atoms with Crippen molar-refractivity contribution in [3.8, 4) is 0 Å². The van der Waals surface area contributed by atoms with E-state index in [1.807, 2.05) is 10.7 Å². The number of aromatic carboxylic acids is 1. The van der Waals surface area contributed by atoms with Crippen LogP contribution in [0.4, 0.5) is 0 Å².